The summed E-state index contributed by atoms with van der Waals surface area (Å²) >= 11 is 3.39. The third kappa shape index (κ3) is 3.10. The van der Waals surface area contributed by atoms with Crippen LogP contribution in [0, 0.1) is 20.8 Å². The first-order chi connectivity index (χ1) is 8.56. The van der Waals surface area contributed by atoms with Gasteiger partial charge < -0.3 is 5.32 Å². The summed E-state index contributed by atoms with van der Waals surface area (Å²) in [4.78, 5) is 4.36. The fourth-order valence-corrected chi connectivity index (χ4v) is 2.38. The average molecular weight is 305 g/mol. The predicted molar refractivity (Wildman–Crippen MR) is 79.9 cm³/mol. The Bertz CT molecular complexity index is 524. The summed E-state index contributed by atoms with van der Waals surface area (Å²) in [6, 6.07) is 8.43. The average Bonchev–Trinajstić information content (AvgIpc) is 2.30. The lowest BCUT2D eigenvalue weighted by Gasteiger charge is -2.13. The Kier molecular flexibility index (Phi) is 4.02. The Morgan fingerprint density at radius 1 is 1.11 bits per heavy atom. The number of anilines is 1. The normalized spacial score (nSPS) is 10.4. The van der Waals surface area contributed by atoms with Crippen LogP contribution in [0.5, 0.6) is 0 Å². The Labute approximate surface area is 117 Å². The largest absolute Gasteiger partial charge is 0.379 e. The second-order valence-electron chi connectivity index (χ2n) is 4.60. The lowest BCUT2D eigenvalue weighted by Crippen LogP contribution is -2.04. The minimum absolute atomic E-state index is 0.748. The van der Waals surface area contributed by atoms with E-state index in [1.54, 1.807) is 0 Å². The zero-order valence-corrected chi connectivity index (χ0v) is 12.5. The van der Waals surface area contributed by atoms with Gasteiger partial charge in [-0.3, -0.25) is 4.98 Å². The Morgan fingerprint density at radius 3 is 2.33 bits per heavy atom. The van der Waals surface area contributed by atoms with Gasteiger partial charge in [0.25, 0.3) is 0 Å². The highest BCUT2D eigenvalue weighted by atomic mass is 79.9. The Morgan fingerprint density at radius 2 is 1.78 bits per heavy atom. The topological polar surface area (TPSA) is 24.9 Å². The summed E-state index contributed by atoms with van der Waals surface area (Å²) in [5.74, 6) is 0. The van der Waals surface area contributed by atoms with Crippen molar-refractivity contribution in [2.75, 3.05) is 5.32 Å². The number of aryl methyl sites for hydroxylation is 3. The van der Waals surface area contributed by atoms with Crippen LogP contribution in [-0.2, 0) is 6.54 Å². The molecule has 2 rings (SSSR count). The van der Waals surface area contributed by atoms with E-state index in [2.05, 4.69) is 59.1 Å². The first kappa shape index (κ1) is 13.1. The van der Waals surface area contributed by atoms with E-state index < -0.39 is 0 Å². The second-order valence-corrected chi connectivity index (χ2v) is 5.51. The van der Waals surface area contributed by atoms with Crippen molar-refractivity contribution >= 4 is 21.6 Å². The molecule has 0 amide bonds. The lowest BCUT2D eigenvalue weighted by molar-refractivity contribution is 1.03. The molecule has 0 fully saturated rings. The van der Waals surface area contributed by atoms with Crippen molar-refractivity contribution in [1.82, 2.24) is 4.98 Å². The Hall–Kier alpha value is -1.35. The molecule has 1 aromatic carbocycles. The van der Waals surface area contributed by atoms with Gasteiger partial charge in [0, 0.05) is 16.4 Å². The van der Waals surface area contributed by atoms with Crippen molar-refractivity contribution in [3.05, 3.63) is 57.3 Å². The predicted octanol–water partition coefficient (Wildman–Crippen LogP) is 4.38. The van der Waals surface area contributed by atoms with Gasteiger partial charge in [-0.25, -0.2) is 0 Å². The number of pyridine rings is 1. The van der Waals surface area contributed by atoms with Crippen LogP contribution in [0.3, 0.4) is 0 Å². The number of rotatable bonds is 3. The van der Waals surface area contributed by atoms with Gasteiger partial charge in [-0.2, -0.15) is 0 Å². The molecule has 0 saturated carbocycles. The van der Waals surface area contributed by atoms with E-state index in [9.17, 15) is 0 Å². The highest BCUT2D eigenvalue weighted by Gasteiger charge is 2.03. The number of hydrogen-bond donors (Lipinski definition) is 1. The van der Waals surface area contributed by atoms with E-state index in [1.165, 1.54) is 22.4 Å². The minimum Gasteiger partial charge on any atom is -0.379 e. The maximum atomic E-state index is 4.36. The van der Waals surface area contributed by atoms with Crippen molar-refractivity contribution in [1.29, 1.82) is 0 Å². The molecule has 18 heavy (non-hydrogen) atoms. The molecule has 0 saturated heterocycles. The fourth-order valence-electron chi connectivity index (χ4n) is 2.15. The van der Waals surface area contributed by atoms with Crippen LogP contribution in [0.25, 0.3) is 0 Å². The van der Waals surface area contributed by atoms with E-state index in [4.69, 9.17) is 0 Å². The standard InChI is InChI=1S/C15H17BrN2/c1-10-6-11(2)15(12(3)7-10)18-9-14-5-4-13(16)8-17-14/h4-8,18H,9H2,1-3H3. The monoisotopic (exact) mass is 304 g/mol. The maximum absolute atomic E-state index is 4.36. The number of nitrogens with one attached hydrogen (secondary N) is 1. The molecule has 0 spiro atoms. The Balaban J connectivity index is 2.13. The molecule has 1 aromatic heterocycles. The van der Waals surface area contributed by atoms with Crippen molar-refractivity contribution in [2.24, 2.45) is 0 Å². The van der Waals surface area contributed by atoms with Gasteiger partial charge >= 0.3 is 0 Å². The molecule has 0 atom stereocenters. The van der Waals surface area contributed by atoms with Crippen molar-refractivity contribution in [2.45, 2.75) is 27.3 Å². The molecule has 0 unspecified atom stereocenters. The summed E-state index contributed by atoms with van der Waals surface area (Å²) < 4.78 is 1.01. The van der Waals surface area contributed by atoms with Crippen molar-refractivity contribution in [3.8, 4) is 0 Å². The molecule has 2 nitrogen and oxygen atoms in total. The molecule has 1 N–H and O–H groups in total. The SMILES string of the molecule is Cc1cc(C)c(NCc2ccc(Br)cn2)c(C)c1. The third-order valence-electron chi connectivity index (χ3n) is 2.91. The molecule has 94 valence electrons. The van der Waals surface area contributed by atoms with Gasteiger partial charge in [0.05, 0.1) is 12.2 Å². The smallest absolute Gasteiger partial charge is 0.0595 e. The molecular weight excluding hydrogens is 288 g/mol. The fraction of sp³-hybridized carbons (Fsp3) is 0.267. The zero-order chi connectivity index (χ0) is 13.1. The van der Waals surface area contributed by atoms with Crippen molar-refractivity contribution in [3.63, 3.8) is 0 Å². The number of hydrogen-bond acceptors (Lipinski definition) is 2. The van der Waals surface area contributed by atoms with Crippen LogP contribution >= 0.6 is 15.9 Å². The lowest BCUT2D eigenvalue weighted by atomic mass is 10.1. The van der Waals surface area contributed by atoms with E-state index in [0.717, 1.165) is 16.7 Å². The van der Waals surface area contributed by atoms with Gasteiger partial charge in [0.1, 0.15) is 0 Å². The highest BCUT2D eigenvalue weighted by molar-refractivity contribution is 9.10. The van der Waals surface area contributed by atoms with Crippen LogP contribution in [0.4, 0.5) is 5.69 Å². The molecule has 0 aliphatic rings. The number of aromatic nitrogens is 1. The van der Waals surface area contributed by atoms with Gasteiger partial charge in [-0.05, 0) is 60.0 Å². The summed E-state index contributed by atoms with van der Waals surface area (Å²) in [7, 11) is 0. The van der Waals surface area contributed by atoms with Gasteiger partial charge in [-0.1, -0.05) is 17.7 Å². The first-order valence-electron chi connectivity index (χ1n) is 5.98. The summed E-state index contributed by atoms with van der Waals surface area (Å²) in [6.07, 6.45) is 1.83. The first-order valence-corrected chi connectivity index (χ1v) is 6.77. The molecule has 0 aliphatic heterocycles. The highest BCUT2D eigenvalue weighted by Crippen LogP contribution is 2.22. The molecule has 2 aromatic rings. The number of benzene rings is 1. The summed E-state index contributed by atoms with van der Waals surface area (Å²) in [5.41, 5.74) is 6.12. The number of nitrogens with zero attached hydrogens (tertiary/aromatic N) is 1. The summed E-state index contributed by atoms with van der Waals surface area (Å²) in [5, 5.41) is 3.47. The number of halogens is 1. The van der Waals surface area contributed by atoms with Crippen LogP contribution in [0.1, 0.15) is 22.4 Å². The second kappa shape index (κ2) is 5.53. The molecule has 0 bridgehead atoms. The molecule has 3 heteroatoms. The van der Waals surface area contributed by atoms with Crippen LogP contribution in [0.15, 0.2) is 34.9 Å². The van der Waals surface area contributed by atoms with Gasteiger partial charge in [0.2, 0.25) is 0 Å². The minimum atomic E-state index is 0.748. The zero-order valence-electron chi connectivity index (χ0n) is 10.9. The molecule has 1 heterocycles. The quantitative estimate of drug-likeness (QED) is 0.910. The molecule has 0 radical (unpaired) electrons. The summed E-state index contributed by atoms with van der Waals surface area (Å²) in [6.45, 7) is 7.15. The van der Waals surface area contributed by atoms with Crippen molar-refractivity contribution < 1.29 is 0 Å². The molecule has 0 aliphatic carbocycles. The maximum Gasteiger partial charge on any atom is 0.0595 e. The van der Waals surface area contributed by atoms with Gasteiger partial charge in [-0.15, -0.1) is 0 Å². The third-order valence-corrected chi connectivity index (χ3v) is 3.38. The van der Waals surface area contributed by atoms with Crippen LogP contribution in [0.2, 0.25) is 0 Å². The van der Waals surface area contributed by atoms with Gasteiger partial charge in [0.15, 0.2) is 0 Å². The van der Waals surface area contributed by atoms with E-state index in [-0.39, 0.29) is 0 Å². The van der Waals surface area contributed by atoms with E-state index in [0.29, 0.717) is 0 Å². The van der Waals surface area contributed by atoms with Crippen LogP contribution in [-0.4, -0.2) is 4.98 Å². The van der Waals surface area contributed by atoms with Crippen LogP contribution < -0.4 is 5.32 Å². The van der Waals surface area contributed by atoms with E-state index in [1.807, 2.05) is 18.3 Å². The van der Waals surface area contributed by atoms with E-state index >= 15 is 0 Å². The molecular formula is C15H17BrN2.